The van der Waals surface area contributed by atoms with Crippen molar-refractivity contribution in [3.63, 3.8) is 0 Å². The fourth-order valence-corrected chi connectivity index (χ4v) is 3.44. The Bertz CT molecular complexity index is 501. The van der Waals surface area contributed by atoms with E-state index in [0.29, 0.717) is 5.56 Å². The van der Waals surface area contributed by atoms with E-state index in [2.05, 4.69) is 15.9 Å². The molecule has 0 amide bonds. The van der Waals surface area contributed by atoms with Gasteiger partial charge in [-0.15, -0.1) is 0 Å². The van der Waals surface area contributed by atoms with E-state index < -0.39 is 16.1 Å². The number of benzene rings is 1. The standard InChI is InChI=1S/C11H16BrNO3S/c1-8-6-10(12)4-5-11(8)17(15,16)13(3)9(2)7-14/h4-6,9,14H,7H2,1-3H3. The summed E-state index contributed by atoms with van der Waals surface area (Å²) in [4.78, 5) is 0.267. The van der Waals surface area contributed by atoms with Gasteiger partial charge in [-0.2, -0.15) is 4.31 Å². The van der Waals surface area contributed by atoms with Crippen LogP contribution in [-0.4, -0.2) is 37.5 Å². The molecule has 0 aliphatic rings. The number of nitrogens with zero attached hydrogens (tertiary/aromatic N) is 1. The molecule has 1 unspecified atom stereocenters. The van der Waals surface area contributed by atoms with Gasteiger partial charge >= 0.3 is 0 Å². The molecule has 0 saturated carbocycles. The molecule has 0 saturated heterocycles. The second kappa shape index (κ2) is 5.48. The van der Waals surface area contributed by atoms with E-state index in [4.69, 9.17) is 5.11 Å². The topological polar surface area (TPSA) is 57.6 Å². The van der Waals surface area contributed by atoms with Crippen LogP contribution >= 0.6 is 15.9 Å². The molecular weight excluding hydrogens is 306 g/mol. The van der Waals surface area contributed by atoms with Crippen LogP contribution in [-0.2, 0) is 10.0 Å². The zero-order valence-corrected chi connectivity index (χ0v) is 12.4. The van der Waals surface area contributed by atoms with Crippen molar-refractivity contribution in [2.45, 2.75) is 24.8 Å². The lowest BCUT2D eigenvalue weighted by atomic mass is 10.2. The molecule has 1 atom stereocenters. The van der Waals surface area contributed by atoms with Gasteiger partial charge in [0.2, 0.25) is 10.0 Å². The van der Waals surface area contributed by atoms with E-state index in [0.717, 1.165) is 4.47 Å². The Morgan fingerprint density at radius 2 is 2.06 bits per heavy atom. The van der Waals surface area contributed by atoms with Gasteiger partial charge in [0, 0.05) is 17.6 Å². The lowest BCUT2D eigenvalue weighted by Crippen LogP contribution is -2.37. The molecule has 1 aromatic rings. The van der Waals surface area contributed by atoms with Crippen LogP contribution in [0.1, 0.15) is 12.5 Å². The van der Waals surface area contributed by atoms with Crippen molar-refractivity contribution in [3.05, 3.63) is 28.2 Å². The Balaban J connectivity index is 3.22. The van der Waals surface area contributed by atoms with Crippen LogP contribution in [0.15, 0.2) is 27.6 Å². The number of sulfonamides is 1. The molecule has 1 rings (SSSR count). The lowest BCUT2D eigenvalue weighted by Gasteiger charge is -2.23. The average Bonchev–Trinajstić information content (AvgIpc) is 2.26. The van der Waals surface area contributed by atoms with Crippen LogP contribution in [0.4, 0.5) is 0 Å². The van der Waals surface area contributed by atoms with E-state index in [-0.39, 0.29) is 11.5 Å². The van der Waals surface area contributed by atoms with Gasteiger partial charge in [0.05, 0.1) is 11.5 Å². The predicted octanol–water partition coefficient (Wildman–Crippen LogP) is 1.76. The van der Waals surface area contributed by atoms with E-state index in [1.165, 1.54) is 11.4 Å². The zero-order valence-electron chi connectivity index (χ0n) is 10.0. The molecule has 0 aliphatic carbocycles. The first kappa shape index (κ1) is 14.6. The van der Waals surface area contributed by atoms with Crippen molar-refractivity contribution >= 4 is 26.0 Å². The molecule has 0 bridgehead atoms. The highest BCUT2D eigenvalue weighted by atomic mass is 79.9. The normalized spacial score (nSPS) is 14.0. The first-order valence-electron chi connectivity index (χ1n) is 5.15. The quantitative estimate of drug-likeness (QED) is 0.919. The molecule has 1 N–H and O–H groups in total. The number of hydrogen-bond donors (Lipinski definition) is 1. The first-order chi connectivity index (χ1) is 7.80. The molecule has 0 aliphatic heterocycles. The highest BCUT2D eigenvalue weighted by Gasteiger charge is 2.26. The van der Waals surface area contributed by atoms with Gasteiger partial charge in [-0.3, -0.25) is 0 Å². The molecule has 0 spiro atoms. The maximum absolute atomic E-state index is 12.3. The van der Waals surface area contributed by atoms with Crippen molar-refractivity contribution in [3.8, 4) is 0 Å². The van der Waals surface area contributed by atoms with Crippen molar-refractivity contribution < 1.29 is 13.5 Å². The Kier molecular flexibility index (Phi) is 4.71. The van der Waals surface area contributed by atoms with Gasteiger partial charge < -0.3 is 5.11 Å². The summed E-state index contributed by atoms with van der Waals surface area (Å²) in [7, 11) is -2.08. The lowest BCUT2D eigenvalue weighted by molar-refractivity contribution is 0.214. The molecule has 96 valence electrons. The number of likely N-dealkylation sites (N-methyl/N-ethyl adjacent to an activating group) is 1. The number of aryl methyl sites for hydroxylation is 1. The average molecular weight is 322 g/mol. The zero-order chi connectivity index (χ0) is 13.2. The van der Waals surface area contributed by atoms with Gasteiger partial charge in [-0.25, -0.2) is 8.42 Å². The summed E-state index contributed by atoms with van der Waals surface area (Å²) in [5, 5.41) is 9.02. The van der Waals surface area contributed by atoms with E-state index in [9.17, 15) is 8.42 Å². The minimum Gasteiger partial charge on any atom is -0.395 e. The second-order valence-corrected chi connectivity index (χ2v) is 6.84. The summed E-state index contributed by atoms with van der Waals surface area (Å²) in [6.07, 6.45) is 0. The Labute approximate surface area is 110 Å². The largest absolute Gasteiger partial charge is 0.395 e. The van der Waals surface area contributed by atoms with Gasteiger partial charge in [-0.05, 0) is 37.6 Å². The predicted molar refractivity (Wildman–Crippen MR) is 70.4 cm³/mol. The Hall–Kier alpha value is -0.430. The van der Waals surface area contributed by atoms with E-state index in [1.807, 2.05) is 0 Å². The smallest absolute Gasteiger partial charge is 0.243 e. The van der Waals surface area contributed by atoms with E-state index >= 15 is 0 Å². The van der Waals surface area contributed by atoms with Crippen molar-refractivity contribution in [1.82, 2.24) is 4.31 Å². The fraction of sp³-hybridized carbons (Fsp3) is 0.455. The van der Waals surface area contributed by atoms with Crippen molar-refractivity contribution in [2.24, 2.45) is 0 Å². The number of aliphatic hydroxyl groups excluding tert-OH is 1. The number of halogens is 1. The highest BCUT2D eigenvalue weighted by Crippen LogP contribution is 2.23. The van der Waals surface area contributed by atoms with Gasteiger partial charge in [0.15, 0.2) is 0 Å². The second-order valence-electron chi connectivity index (χ2n) is 3.96. The van der Waals surface area contributed by atoms with E-state index in [1.54, 1.807) is 32.0 Å². The maximum atomic E-state index is 12.3. The van der Waals surface area contributed by atoms with Gasteiger partial charge in [0.1, 0.15) is 0 Å². The summed E-state index contributed by atoms with van der Waals surface area (Å²) in [6.45, 7) is 3.20. The van der Waals surface area contributed by atoms with Crippen LogP contribution in [0.25, 0.3) is 0 Å². The number of rotatable bonds is 4. The number of hydrogen-bond acceptors (Lipinski definition) is 3. The molecule has 17 heavy (non-hydrogen) atoms. The van der Waals surface area contributed by atoms with Crippen LogP contribution in [0.5, 0.6) is 0 Å². The van der Waals surface area contributed by atoms with Crippen LogP contribution in [0.2, 0.25) is 0 Å². The summed E-state index contributed by atoms with van der Waals surface area (Å²) in [5.41, 5.74) is 0.677. The monoisotopic (exact) mass is 321 g/mol. The molecule has 0 fully saturated rings. The molecule has 0 aromatic heterocycles. The third-order valence-electron chi connectivity index (χ3n) is 2.68. The minimum absolute atomic E-state index is 0.203. The fourth-order valence-electron chi connectivity index (χ4n) is 1.41. The summed E-state index contributed by atoms with van der Waals surface area (Å²) in [6, 6.07) is 4.57. The van der Waals surface area contributed by atoms with Gasteiger partial charge in [0.25, 0.3) is 0 Å². The maximum Gasteiger partial charge on any atom is 0.243 e. The SMILES string of the molecule is Cc1cc(Br)ccc1S(=O)(=O)N(C)C(C)CO. The summed E-state index contributed by atoms with van der Waals surface area (Å²) < 4.78 is 26.6. The van der Waals surface area contributed by atoms with Crippen molar-refractivity contribution in [1.29, 1.82) is 0 Å². The molecule has 0 radical (unpaired) electrons. The first-order valence-corrected chi connectivity index (χ1v) is 7.39. The Morgan fingerprint density at radius 3 is 2.53 bits per heavy atom. The molecule has 0 heterocycles. The van der Waals surface area contributed by atoms with Gasteiger partial charge in [-0.1, -0.05) is 15.9 Å². The highest BCUT2D eigenvalue weighted by molar-refractivity contribution is 9.10. The summed E-state index contributed by atoms with van der Waals surface area (Å²) >= 11 is 3.29. The Morgan fingerprint density at radius 1 is 1.47 bits per heavy atom. The molecule has 6 heteroatoms. The van der Waals surface area contributed by atoms with Crippen LogP contribution < -0.4 is 0 Å². The van der Waals surface area contributed by atoms with Crippen molar-refractivity contribution in [2.75, 3.05) is 13.7 Å². The summed E-state index contributed by atoms with van der Waals surface area (Å²) in [5.74, 6) is 0. The third-order valence-corrected chi connectivity index (χ3v) is 5.30. The minimum atomic E-state index is -3.55. The van der Waals surface area contributed by atoms with Crippen LogP contribution in [0.3, 0.4) is 0 Å². The number of aliphatic hydroxyl groups is 1. The third kappa shape index (κ3) is 3.07. The molecule has 4 nitrogen and oxygen atoms in total. The van der Waals surface area contributed by atoms with Crippen LogP contribution in [0, 0.1) is 6.92 Å². The molecule has 1 aromatic carbocycles. The molecular formula is C11H16BrNO3S.